The number of carbonyl (C=O) groups excluding carboxylic acids is 1. The molecule has 1 aliphatic rings. The first-order valence-corrected chi connectivity index (χ1v) is 13.2. The van der Waals surface area contributed by atoms with Crippen LogP contribution in [0.25, 0.3) is 10.4 Å². The van der Waals surface area contributed by atoms with Crippen molar-refractivity contribution in [2.75, 3.05) is 6.61 Å². The molecule has 1 fully saturated rings. The summed E-state index contributed by atoms with van der Waals surface area (Å²) in [6, 6.07) is 18.7. The smallest absolute Gasteiger partial charge is 0.302 e. The standard InChI is InChI=1S/C30H37N3O5/c1-3-4-5-6-7-14-19-26-28(32-33-31)30(37-21-25-17-12-9-13-18-25)29(27(38-26)22-35-23(2)34)36-20-24-15-10-8-11-16-24/h8-13,15-18,26-30H,3-7,20-22H2,1-2H3/t26-,27-,28+,29+,30-/m1/s1. The predicted molar refractivity (Wildman–Crippen MR) is 145 cm³/mol. The van der Waals surface area contributed by atoms with Crippen LogP contribution in [-0.4, -0.2) is 43.0 Å². The second kappa shape index (κ2) is 16.5. The lowest BCUT2D eigenvalue weighted by atomic mass is 9.92. The van der Waals surface area contributed by atoms with Crippen LogP contribution in [0.5, 0.6) is 0 Å². The zero-order chi connectivity index (χ0) is 27.0. The lowest BCUT2D eigenvalue weighted by Gasteiger charge is -2.43. The number of carbonyl (C=O) groups is 1. The maximum Gasteiger partial charge on any atom is 0.302 e. The highest BCUT2D eigenvalue weighted by Crippen LogP contribution is 2.30. The summed E-state index contributed by atoms with van der Waals surface area (Å²) in [5.74, 6) is 5.93. The van der Waals surface area contributed by atoms with Gasteiger partial charge < -0.3 is 18.9 Å². The van der Waals surface area contributed by atoms with E-state index in [4.69, 9.17) is 18.9 Å². The first kappa shape index (κ1) is 29.2. The molecule has 0 aliphatic carbocycles. The van der Waals surface area contributed by atoms with Gasteiger partial charge in [-0.2, -0.15) is 0 Å². The Morgan fingerprint density at radius 3 is 2.18 bits per heavy atom. The van der Waals surface area contributed by atoms with Gasteiger partial charge in [-0.1, -0.05) is 97.9 Å². The van der Waals surface area contributed by atoms with Crippen LogP contribution in [0.3, 0.4) is 0 Å². The van der Waals surface area contributed by atoms with Crippen molar-refractivity contribution in [3.8, 4) is 11.8 Å². The van der Waals surface area contributed by atoms with Gasteiger partial charge in [0.15, 0.2) is 0 Å². The number of ether oxygens (including phenoxy) is 4. The molecule has 1 heterocycles. The maximum absolute atomic E-state index is 11.7. The summed E-state index contributed by atoms with van der Waals surface area (Å²) in [7, 11) is 0. The van der Waals surface area contributed by atoms with E-state index < -0.39 is 36.4 Å². The Morgan fingerprint density at radius 1 is 0.974 bits per heavy atom. The third kappa shape index (κ3) is 9.51. The van der Waals surface area contributed by atoms with Crippen LogP contribution in [0.15, 0.2) is 65.8 Å². The third-order valence-corrected chi connectivity index (χ3v) is 6.26. The fraction of sp³-hybridized carbons (Fsp3) is 0.500. The summed E-state index contributed by atoms with van der Waals surface area (Å²) in [5, 5.41) is 4.06. The Morgan fingerprint density at radius 2 is 1.61 bits per heavy atom. The van der Waals surface area contributed by atoms with E-state index in [1.54, 1.807) is 0 Å². The molecule has 0 amide bonds. The molecule has 0 unspecified atom stereocenters. The SMILES string of the molecule is CCCCCCC#C[C@H]1O[C@H](COC(C)=O)[C@H](OCc2ccccc2)[C@H](OCc2ccccc2)[C@H]1N=[N+]=[N-]. The van der Waals surface area contributed by atoms with Crippen LogP contribution in [0.4, 0.5) is 0 Å². The van der Waals surface area contributed by atoms with Crippen molar-refractivity contribution in [2.24, 2.45) is 5.11 Å². The minimum Gasteiger partial charge on any atom is -0.463 e. The summed E-state index contributed by atoms with van der Waals surface area (Å²) in [4.78, 5) is 14.8. The van der Waals surface area contributed by atoms with Gasteiger partial charge in [-0.05, 0) is 23.1 Å². The largest absolute Gasteiger partial charge is 0.463 e. The van der Waals surface area contributed by atoms with Crippen molar-refractivity contribution < 1.29 is 23.7 Å². The molecule has 0 radical (unpaired) electrons. The first-order valence-electron chi connectivity index (χ1n) is 13.2. The van der Waals surface area contributed by atoms with Gasteiger partial charge in [-0.25, -0.2) is 0 Å². The molecule has 8 heteroatoms. The number of hydrogen-bond donors (Lipinski definition) is 0. The van der Waals surface area contributed by atoms with E-state index in [-0.39, 0.29) is 19.8 Å². The molecular weight excluding hydrogens is 482 g/mol. The van der Waals surface area contributed by atoms with Gasteiger partial charge in [-0.3, -0.25) is 4.79 Å². The molecule has 3 rings (SSSR count). The highest BCUT2D eigenvalue weighted by atomic mass is 16.6. The molecule has 0 spiro atoms. The summed E-state index contributed by atoms with van der Waals surface area (Å²) in [6.45, 7) is 4.06. The summed E-state index contributed by atoms with van der Waals surface area (Å²) in [6.07, 6.45) is 2.42. The first-order chi connectivity index (χ1) is 18.6. The predicted octanol–water partition coefficient (Wildman–Crippen LogP) is 6.14. The maximum atomic E-state index is 11.7. The van der Waals surface area contributed by atoms with Gasteiger partial charge in [0.25, 0.3) is 0 Å². The number of azide groups is 1. The van der Waals surface area contributed by atoms with E-state index in [1.165, 1.54) is 13.3 Å². The second-order valence-electron chi connectivity index (χ2n) is 9.25. The Balaban J connectivity index is 1.88. The Bertz CT molecular complexity index is 1080. The number of rotatable bonds is 13. The summed E-state index contributed by atoms with van der Waals surface area (Å²) < 4.78 is 24.4. The Kier molecular flexibility index (Phi) is 12.7. The summed E-state index contributed by atoms with van der Waals surface area (Å²) >= 11 is 0. The van der Waals surface area contributed by atoms with E-state index in [0.717, 1.165) is 36.8 Å². The second-order valence-corrected chi connectivity index (χ2v) is 9.25. The molecule has 0 saturated carbocycles. The number of esters is 1. The zero-order valence-corrected chi connectivity index (χ0v) is 22.2. The van der Waals surface area contributed by atoms with Crippen LogP contribution in [-0.2, 0) is 37.0 Å². The van der Waals surface area contributed by atoms with Crippen molar-refractivity contribution in [3.05, 3.63) is 82.2 Å². The zero-order valence-electron chi connectivity index (χ0n) is 22.2. The number of hydrogen-bond acceptors (Lipinski definition) is 6. The van der Waals surface area contributed by atoms with Crippen LogP contribution in [0.1, 0.15) is 57.1 Å². The minimum atomic E-state index is -0.749. The minimum absolute atomic E-state index is 0.0301. The van der Waals surface area contributed by atoms with Crippen molar-refractivity contribution in [1.29, 1.82) is 0 Å². The fourth-order valence-corrected chi connectivity index (χ4v) is 4.31. The molecule has 38 heavy (non-hydrogen) atoms. The van der Waals surface area contributed by atoms with Crippen LogP contribution < -0.4 is 0 Å². The quantitative estimate of drug-likeness (QED) is 0.0790. The van der Waals surface area contributed by atoms with Gasteiger partial charge in [0.1, 0.15) is 31.0 Å². The lowest BCUT2D eigenvalue weighted by Crippen LogP contribution is -2.59. The third-order valence-electron chi connectivity index (χ3n) is 6.26. The highest BCUT2D eigenvalue weighted by Gasteiger charge is 2.47. The molecule has 5 atom stereocenters. The molecule has 0 N–H and O–H groups in total. The van der Waals surface area contributed by atoms with Gasteiger partial charge >= 0.3 is 5.97 Å². The van der Waals surface area contributed by atoms with E-state index >= 15 is 0 Å². The number of unbranched alkanes of at least 4 members (excludes halogenated alkanes) is 4. The van der Waals surface area contributed by atoms with E-state index in [9.17, 15) is 10.3 Å². The Hall–Kier alpha value is -3.34. The van der Waals surface area contributed by atoms with E-state index in [2.05, 4.69) is 28.8 Å². The average molecular weight is 520 g/mol. The van der Waals surface area contributed by atoms with Crippen molar-refractivity contribution in [2.45, 2.75) is 89.6 Å². The molecule has 1 saturated heterocycles. The molecule has 2 aromatic carbocycles. The molecule has 0 bridgehead atoms. The Labute approximate surface area is 225 Å². The highest BCUT2D eigenvalue weighted by molar-refractivity contribution is 5.65. The molecule has 8 nitrogen and oxygen atoms in total. The van der Waals surface area contributed by atoms with Crippen molar-refractivity contribution in [3.63, 3.8) is 0 Å². The van der Waals surface area contributed by atoms with Crippen LogP contribution >= 0.6 is 0 Å². The molecular formula is C30H37N3O5. The average Bonchev–Trinajstić information content (AvgIpc) is 2.94. The van der Waals surface area contributed by atoms with Gasteiger partial charge in [-0.15, -0.1) is 5.92 Å². The monoisotopic (exact) mass is 519 g/mol. The van der Waals surface area contributed by atoms with Gasteiger partial charge in [0.05, 0.1) is 19.3 Å². The molecule has 0 aromatic heterocycles. The fourth-order valence-electron chi connectivity index (χ4n) is 4.31. The van der Waals surface area contributed by atoms with Gasteiger partial charge in [0, 0.05) is 18.3 Å². The summed E-state index contributed by atoms with van der Waals surface area (Å²) in [5.41, 5.74) is 11.4. The number of nitrogens with zero attached hydrogens (tertiary/aromatic N) is 3. The normalized spacial score (nSPS) is 22.5. The van der Waals surface area contributed by atoms with Crippen molar-refractivity contribution >= 4 is 5.97 Å². The topological polar surface area (TPSA) is 103 Å². The molecule has 2 aromatic rings. The molecule has 1 aliphatic heterocycles. The van der Waals surface area contributed by atoms with E-state index in [0.29, 0.717) is 0 Å². The van der Waals surface area contributed by atoms with Crippen LogP contribution in [0, 0.1) is 11.8 Å². The van der Waals surface area contributed by atoms with E-state index in [1.807, 2.05) is 60.7 Å². The van der Waals surface area contributed by atoms with Crippen LogP contribution in [0.2, 0.25) is 0 Å². The van der Waals surface area contributed by atoms with Gasteiger partial charge in [0.2, 0.25) is 0 Å². The lowest BCUT2D eigenvalue weighted by molar-refractivity contribution is -0.216. The molecule has 202 valence electrons. The van der Waals surface area contributed by atoms with Crippen molar-refractivity contribution in [1.82, 2.24) is 0 Å². The number of benzene rings is 2.